The summed E-state index contributed by atoms with van der Waals surface area (Å²) in [5, 5.41) is 18.5. The van der Waals surface area contributed by atoms with Crippen LogP contribution in [0.25, 0.3) is 0 Å². The summed E-state index contributed by atoms with van der Waals surface area (Å²) in [6.07, 6.45) is 4.19. The van der Waals surface area contributed by atoms with Crippen molar-refractivity contribution in [1.82, 2.24) is 0 Å². The van der Waals surface area contributed by atoms with Crippen molar-refractivity contribution >= 4 is 0 Å². The van der Waals surface area contributed by atoms with Gasteiger partial charge in [-0.25, -0.2) is 0 Å². The smallest absolute Gasteiger partial charge is 0.0689 e. The maximum Gasteiger partial charge on any atom is 0.0689 e. The Kier molecular flexibility index (Phi) is 3.33. The summed E-state index contributed by atoms with van der Waals surface area (Å²) in [4.78, 5) is 0. The van der Waals surface area contributed by atoms with E-state index in [1.165, 1.54) is 0 Å². The van der Waals surface area contributed by atoms with Gasteiger partial charge in [0.05, 0.1) is 17.6 Å². The van der Waals surface area contributed by atoms with Gasteiger partial charge in [0.25, 0.3) is 0 Å². The molecule has 0 aromatic carbocycles. The van der Waals surface area contributed by atoms with Gasteiger partial charge in [-0.1, -0.05) is 13.8 Å². The summed E-state index contributed by atoms with van der Waals surface area (Å²) in [5.74, 6) is 0.579. The highest BCUT2D eigenvalue weighted by molar-refractivity contribution is 5.01. The average Bonchev–Trinajstić information content (AvgIpc) is 2.09. The van der Waals surface area contributed by atoms with Crippen molar-refractivity contribution in [3.8, 4) is 6.07 Å². The zero-order valence-electron chi connectivity index (χ0n) is 8.58. The van der Waals surface area contributed by atoms with Gasteiger partial charge in [0.1, 0.15) is 0 Å². The van der Waals surface area contributed by atoms with E-state index in [-0.39, 0.29) is 11.5 Å². The van der Waals surface area contributed by atoms with Gasteiger partial charge in [0.2, 0.25) is 0 Å². The van der Waals surface area contributed by atoms with Crippen LogP contribution in [0, 0.1) is 22.7 Å². The zero-order chi connectivity index (χ0) is 9.90. The Morgan fingerprint density at radius 1 is 1.46 bits per heavy atom. The van der Waals surface area contributed by atoms with Crippen LogP contribution in [0.3, 0.4) is 0 Å². The topological polar surface area (TPSA) is 44.0 Å². The Bertz CT molecular complexity index is 197. The molecule has 1 N–H and O–H groups in total. The molecule has 74 valence electrons. The first-order valence-electron chi connectivity index (χ1n) is 5.17. The fourth-order valence-electron chi connectivity index (χ4n) is 2.30. The van der Waals surface area contributed by atoms with Crippen LogP contribution in [0.5, 0.6) is 0 Å². The van der Waals surface area contributed by atoms with Crippen LogP contribution in [0.15, 0.2) is 0 Å². The molecule has 0 aromatic rings. The van der Waals surface area contributed by atoms with E-state index in [0.717, 1.165) is 32.1 Å². The molecule has 0 amide bonds. The molecular weight excluding hydrogens is 162 g/mol. The zero-order valence-corrected chi connectivity index (χ0v) is 8.58. The minimum Gasteiger partial charge on any atom is -0.393 e. The lowest BCUT2D eigenvalue weighted by Crippen LogP contribution is -2.29. The number of aliphatic hydroxyl groups excluding tert-OH is 1. The molecule has 2 heteroatoms. The minimum absolute atomic E-state index is 0.132. The molecule has 1 saturated carbocycles. The molecule has 1 aliphatic carbocycles. The van der Waals surface area contributed by atoms with Crippen LogP contribution in [0.4, 0.5) is 0 Å². The quantitative estimate of drug-likeness (QED) is 0.711. The molecule has 1 rings (SSSR count). The molecular formula is C11H19NO. The van der Waals surface area contributed by atoms with Gasteiger partial charge >= 0.3 is 0 Å². The van der Waals surface area contributed by atoms with Crippen molar-refractivity contribution in [1.29, 1.82) is 5.26 Å². The third-order valence-electron chi connectivity index (χ3n) is 2.95. The minimum atomic E-state index is -0.159. The summed E-state index contributed by atoms with van der Waals surface area (Å²) >= 11 is 0. The second-order valence-electron chi connectivity index (χ2n) is 4.72. The molecule has 0 heterocycles. The molecule has 0 atom stereocenters. The van der Waals surface area contributed by atoms with Gasteiger partial charge in [-0.15, -0.1) is 0 Å². The monoisotopic (exact) mass is 181 g/mol. The molecule has 1 aliphatic rings. The first kappa shape index (κ1) is 10.5. The van der Waals surface area contributed by atoms with E-state index in [4.69, 9.17) is 5.26 Å². The number of hydrogen-bond donors (Lipinski definition) is 1. The van der Waals surface area contributed by atoms with Gasteiger partial charge in [0, 0.05) is 0 Å². The van der Waals surface area contributed by atoms with E-state index in [1.54, 1.807) is 0 Å². The number of nitrogens with zero attached hydrogens (tertiary/aromatic N) is 1. The molecule has 0 spiro atoms. The number of nitriles is 1. The highest BCUT2D eigenvalue weighted by Gasteiger charge is 2.35. The molecule has 13 heavy (non-hydrogen) atoms. The number of rotatable bonds is 2. The SMILES string of the molecule is CC(C)CC1(C#N)CCC(O)CC1. The van der Waals surface area contributed by atoms with Crippen LogP contribution in [0.1, 0.15) is 46.0 Å². The molecule has 0 bridgehead atoms. The summed E-state index contributed by atoms with van der Waals surface area (Å²) in [5.41, 5.74) is -0.132. The van der Waals surface area contributed by atoms with E-state index < -0.39 is 0 Å². The lowest BCUT2D eigenvalue weighted by atomic mass is 9.70. The van der Waals surface area contributed by atoms with Crippen LogP contribution < -0.4 is 0 Å². The normalized spacial score (nSPS) is 34.5. The largest absolute Gasteiger partial charge is 0.393 e. The fraction of sp³-hybridized carbons (Fsp3) is 0.909. The van der Waals surface area contributed by atoms with Gasteiger partial charge in [-0.05, 0) is 38.0 Å². The highest BCUT2D eigenvalue weighted by atomic mass is 16.3. The fourth-order valence-corrected chi connectivity index (χ4v) is 2.30. The Hall–Kier alpha value is -0.550. The van der Waals surface area contributed by atoms with Crippen LogP contribution in [0.2, 0.25) is 0 Å². The Morgan fingerprint density at radius 3 is 2.38 bits per heavy atom. The first-order valence-corrected chi connectivity index (χ1v) is 5.17. The third-order valence-corrected chi connectivity index (χ3v) is 2.95. The van der Waals surface area contributed by atoms with E-state index in [0.29, 0.717) is 5.92 Å². The summed E-state index contributed by atoms with van der Waals surface area (Å²) in [7, 11) is 0. The third kappa shape index (κ3) is 2.70. The molecule has 1 fully saturated rings. The maximum absolute atomic E-state index is 9.36. The van der Waals surface area contributed by atoms with Crippen LogP contribution >= 0.6 is 0 Å². The molecule has 0 aliphatic heterocycles. The first-order chi connectivity index (χ1) is 6.08. The maximum atomic E-state index is 9.36. The molecule has 0 saturated heterocycles. The highest BCUT2D eigenvalue weighted by Crippen LogP contribution is 2.40. The molecule has 0 radical (unpaired) electrons. The lowest BCUT2D eigenvalue weighted by molar-refractivity contribution is 0.0781. The lowest BCUT2D eigenvalue weighted by Gasteiger charge is -2.34. The summed E-state index contributed by atoms with van der Waals surface area (Å²) < 4.78 is 0. The van der Waals surface area contributed by atoms with Crippen molar-refractivity contribution in [2.24, 2.45) is 11.3 Å². The van der Waals surface area contributed by atoms with E-state index in [2.05, 4.69) is 19.9 Å². The molecule has 0 unspecified atom stereocenters. The predicted octanol–water partition coefficient (Wildman–Crippen LogP) is 2.48. The van der Waals surface area contributed by atoms with Gasteiger partial charge in [0.15, 0.2) is 0 Å². The van der Waals surface area contributed by atoms with Gasteiger partial charge in [-0.2, -0.15) is 5.26 Å². The van der Waals surface area contributed by atoms with Crippen molar-refractivity contribution in [2.75, 3.05) is 0 Å². The van der Waals surface area contributed by atoms with Crippen LogP contribution in [-0.4, -0.2) is 11.2 Å². The van der Waals surface area contributed by atoms with Crippen molar-refractivity contribution < 1.29 is 5.11 Å². The second-order valence-corrected chi connectivity index (χ2v) is 4.72. The average molecular weight is 181 g/mol. The standard InChI is InChI=1S/C11H19NO/c1-9(2)7-11(8-12)5-3-10(13)4-6-11/h9-10,13H,3-7H2,1-2H3. The number of aliphatic hydroxyl groups is 1. The van der Waals surface area contributed by atoms with Crippen molar-refractivity contribution in [2.45, 2.75) is 52.1 Å². The summed E-state index contributed by atoms with van der Waals surface area (Å²) in [6, 6.07) is 2.46. The summed E-state index contributed by atoms with van der Waals surface area (Å²) in [6.45, 7) is 4.31. The van der Waals surface area contributed by atoms with E-state index in [9.17, 15) is 5.11 Å². The Balaban J connectivity index is 2.57. The predicted molar refractivity (Wildman–Crippen MR) is 52.0 cm³/mol. The van der Waals surface area contributed by atoms with Gasteiger partial charge in [-0.3, -0.25) is 0 Å². The Morgan fingerprint density at radius 2 is 2.00 bits per heavy atom. The van der Waals surface area contributed by atoms with Crippen molar-refractivity contribution in [3.05, 3.63) is 0 Å². The van der Waals surface area contributed by atoms with Gasteiger partial charge < -0.3 is 5.11 Å². The Labute approximate surface area is 80.6 Å². The molecule has 0 aromatic heterocycles. The number of hydrogen-bond acceptors (Lipinski definition) is 2. The second kappa shape index (κ2) is 4.11. The van der Waals surface area contributed by atoms with Crippen molar-refractivity contribution in [3.63, 3.8) is 0 Å². The molecule has 2 nitrogen and oxygen atoms in total. The van der Waals surface area contributed by atoms with Crippen LogP contribution in [-0.2, 0) is 0 Å². The van der Waals surface area contributed by atoms with E-state index in [1.807, 2.05) is 0 Å². The van der Waals surface area contributed by atoms with E-state index >= 15 is 0 Å².